The third kappa shape index (κ3) is 4.32. The van der Waals surface area contributed by atoms with Gasteiger partial charge in [0, 0.05) is 51.0 Å². The lowest BCUT2D eigenvalue weighted by atomic mass is 10.1. The zero-order chi connectivity index (χ0) is 24.5. The van der Waals surface area contributed by atoms with E-state index in [9.17, 15) is 4.79 Å². The van der Waals surface area contributed by atoms with Crippen LogP contribution in [0.25, 0.3) is 5.69 Å². The second-order valence-electron chi connectivity index (χ2n) is 10.0. The lowest BCUT2D eigenvalue weighted by Crippen LogP contribution is -2.47. The van der Waals surface area contributed by atoms with E-state index in [1.165, 1.54) is 11.3 Å². The van der Waals surface area contributed by atoms with Gasteiger partial charge in [0.15, 0.2) is 0 Å². The highest BCUT2D eigenvalue weighted by Crippen LogP contribution is 2.36. The first kappa shape index (κ1) is 23.0. The van der Waals surface area contributed by atoms with Crippen molar-refractivity contribution in [2.75, 3.05) is 62.3 Å². The zero-order valence-electron chi connectivity index (χ0n) is 21.1. The van der Waals surface area contributed by atoms with Crippen LogP contribution in [0.3, 0.4) is 0 Å². The Morgan fingerprint density at radius 1 is 0.944 bits per heavy atom. The van der Waals surface area contributed by atoms with Gasteiger partial charge in [0.2, 0.25) is 0 Å². The van der Waals surface area contributed by atoms with E-state index in [0.717, 1.165) is 93.5 Å². The second kappa shape index (κ2) is 9.90. The number of aryl methyl sites for hydroxylation is 1. The molecule has 3 aromatic rings. The van der Waals surface area contributed by atoms with Crippen molar-refractivity contribution in [3.05, 3.63) is 71.4 Å². The smallest absolute Gasteiger partial charge is 0.256 e. The van der Waals surface area contributed by atoms with Crippen molar-refractivity contribution < 1.29 is 9.53 Å². The summed E-state index contributed by atoms with van der Waals surface area (Å²) in [6.45, 7) is 9.70. The van der Waals surface area contributed by atoms with E-state index in [2.05, 4.69) is 61.1 Å². The molecule has 0 unspecified atom stereocenters. The number of benzene rings is 2. The molecule has 7 nitrogen and oxygen atoms in total. The maximum Gasteiger partial charge on any atom is 0.256 e. The average Bonchev–Trinajstić information content (AvgIpc) is 3.54. The van der Waals surface area contributed by atoms with E-state index < -0.39 is 0 Å². The summed E-state index contributed by atoms with van der Waals surface area (Å²) in [6, 6.07) is 16.9. The van der Waals surface area contributed by atoms with Gasteiger partial charge in [-0.15, -0.1) is 0 Å². The molecule has 1 aromatic heterocycles. The van der Waals surface area contributed by atoms with E-state index >= 15 is 0 Å². The number of nitrogens with zero attached hydrogens (tertiary/aromatic N) is 4. The SMILES string of the molecule is Cc1cn(-c2ccccc2)c2c1C(=O)NCN2CCCCN1CCN(c2cccc3c2OCC3)CC1. The molecule has 1 amide bonds. The minimum absolute atomic E-state index is 0.0285. The number of carbonyl (C=O) groups is 1. The minimum Gasteiger partial charge on any atom is -0.491 e. The highest BCUT2D eigenvalue weighted by molar-refractivity contribution is 6.02. The summed E-state index contributed by atoms with van der Waals surface area (Å²) >= 11 is 0. The van der Waals surface area contributed by atoms with Crippen molar-refractivity contribution in [3.63, 3.8) is 0 Å². The summed E-state index contributed by atoms with van der Waals surface area (Å²) in [5, 5.41) is 3.07. The van der Waals surface area contributed by atoms with Gasteiger partial charge in [-0.2, -0.15) is 0 Å². The number of aromatic nitrogens is 1. The third-order valence-electron chi connectivity index (χ3n) is 7.72. The van der Waals surface area contributed by atoms with Crippen molar-refractivity contribution >= 4 is 17.4 Å². The van der Waals surface area contributed by atoms with Crippen LogP contribution >= 0.6 is 0 Å². The van der Waals surface area contributed by atoms with E-state index in [-0.39, 0.29) is 5.91 Å². The summed E-state index contributed by atoms with van der Waals surface area (Å²) in [4.78, 5) is 20.0. The monoisotopic (exact) mass is 485 g/mol. The molecule has 188 valence electrons. The summed E-state index contributed by atoms with van der Waals surface area (Å²) in [7, 11) is 0. The minimum atomic E-state index is 0.0285. The van der Waals surface area contributed by atoms with Gasteiger partial charge in [0.25, 0.3) is 5.91 Å². The standard InChI is InChI=1S/C29H35N5O2/c1-22-20-34(24-9-3-2-4-10-24)29-26(22)28(35)30-21-33(29)14-6-5-13-31-15-17-32(18-16-31)25-11-7-8-23-12-19-36-27(23)25/h2-4,7-11,20H,5-6,12-19,21H2,1H3,(H,30,35). The number of para-hydroxylation sites is 2. The van der Waals surface area contributed by atoms with Gasteiger partial charge < -0.3 is 24.4 Å². The average molecular weight is 486 g/mol. The van der Waals surface area contributed by atoms with Gasteiger partial charge in [0.1, 0.15) is 11.6 Å². The summed E-state index contributed by atoms with van der Waals surface area (Å²) in [6.07, 6.45) is 5.36. The molecule has 4 heterocycles. The number of piperazine rings is 1. The lowest BCUT2D eigenvalue weighted by molar-refractivity contribution is 0.0947. The summed E-state index contributed by atoms with van der Waals surface area (Å²) in [5.41, 5.74) is 5.53. The Labute approximate surface area is 213 Å². The van der Waals surface area contributed by atoms with E-state index in [4.69, 9.17) is 4.74 Å². The van der Waals surface area contributed by atoms with Crippen LogP contribution in [-0.4, -0.2) is 67.9 Å². The van der Waals surface area contributed by atoms with Gasteiger partial charge in [0.05, 0.1) is 24.5 Å². The molecule has 0 aliphatic carbocycles. The molecule has 36 heavy (non-hydrogen) atoms. The van der Waals surface area contributed by atoms with Gasteiger partial charge in [-0.3, -0.25) is 9.69 Å². The molecule has 0 radical (unpaired) electrons. The Morgan fingerprint density at radius 2 is 1.75 bits per heavy atom. The maximum absolute atomic E-state index is 12.7. The molecule has 0 saturated carbocycles. The number of anilines is 2. The predicted molar refractivity (Wildman–Crippen MR) is 144 cm³/mol. The molecular weight excluding hydrogens is 450 g/mol. The molecule has 1 saturated heterocycles. The Kier molecular flexibility index (Phi) is 6.32. The number of nitrogens with one attached hydrogen (secondary N) is 1. The quantitative estimate of drug-likeness (QED) is 0.516. The molecule has 7 heteroatoms. The Hall–Kier alpha value is -3.45. The maximum atomic E-state index is 12.7. The van der Waals surface area contributed by atoms with Crippen molar-refractivity contribution in [2.24, 2.45) is 0 Å². The Bertz CT molecular complexity index is 1230. The van der Waals surface area contributed by atoms with Gasteiger partial charge in [-0.25, -0.2) is 0 Å². The van der Waals surface area contributed by atoms with Gasteiger partial charge in [-0.05, 0) is 55.6 Å². The second-order valence-corrected chi connectivity index (χ2v) is 10.0. The van der Waals surface area contributed by atoms with Crippen molar-refractivity contribution in [3.8, 4) is 11.4 Å². The predicted octanol–water partition coefficient (Wildman–Crippen LogP) is 3.83. The topological polar surface area (TPSA) is 53.0 Å². The lowest BCUT2D eigenvalue weighted by Gasteiger charge is -2.37. The number of amides is 1. The first-order chi connectivity index (χ1) is 17.7. The molecule has 0 atom stereocenters. The fourth-order valence-electron chi connectivity index (χ4n) is 5.81. The van der Waals surface area contributed by atoms with Crippen LogP contribution in [0.2, 0.25) is 0 Å². The van der Waals surface area contributed by atoms with Gasteiger partial charge in [-0.1, -0.05) is 30.3 Å². The molecule has 1 fully saturated rings. The number of unbranched alkanes of at least 4 members (excludes halogenated alkanes) is 1. The summed E-state index contributed by atoms with van der Waals surface area (Å²) < 4.78 is 8.10. The number of carbonyl (C=O) groups excluding carboxylic acids is 1. The first-order valence-electron chi connectivity index (χ1n) is 13.2. The highest BCUT2D eigenvalue weighted by atomic mass is 16.5. The van der Waals surface area contributed by atoms with Crippen LogP contribution in [0.4, 0.5) is 11.5 Å². The number of hydrogen-bond donors (Lipinski definition) is 1. The van der Waals surface area contributed by atoms with Crippen LogP contribution in [0.1, 0.15) is 34.3 Å². The van der Waals surface area contributed by atoms with Crippen LogP contribution in [-0.2, 0) is 6.42 Å². The van der Waals surface area contributed by atoms with Crippen LogP contribution in [0.15, 0.2) is 54.7 Å². The Balaban J connectivity index is 1.04. The molecule has 0 spiro atoms. The van der Waals surface area contributed by atoms with Gasteiger partial charge >= 0.3 is 0 Å². The number of hydrogen-bond acceptors (Lipinski definition) is 5. The third-order valence-corrected chi connectivity index (χ3v) is 7.72. The highest BCUT2D eigenvalue weighted by Gasteiger charge is 2.29. The van der Waals surface area contributed by atoms with Crippen molar-refractivity contribution in [2.45, 2.75) is 26.2 Å². The van der Waals surface area contributed by atoms with Crippen molar-refractivity contribution in [1.29, 1.82) is 0 Å². The molecule has 3 aliphatic rings. The number of ether oxygens (including phenoxy) is 1. The normalized spacial score (nSPS) is 17.5. The van der Waals surface area contributed by atoms with E-state index in [1.54, 1.807) is 0 Å². The van der Waals surface area contributed by atoms with Crippen molar-refractivity contribution in [1.82, 2.24) is 14.8 Å². The fraction of sp³-hybridized carbons (Fsp3) is 0.414. The molecule has 1 N–H and O–H groups in total. The van der Waals surface area contributed by atoms with Crippen LogP contribution in [0.5, 0.6) is 5.75 Å². The summed E-state index contributed by atoms with van der Waals surface area (Å²) in [5.74, 6) is 2.16. The largest absolute Gasteiger partial charge is 0.491 e. The molecule has 3 aliphatic heterocycles. The number of fused-ring (bicyclic) bond motifs is 2. The molecule has 0 bridgehead atoms. The van der Waals surface area contributed by atoms with E-state index in [0.29, 0.717) is 6.67 Å². The fourth-order valence-corrected chi connectivity index (χ4v) is 5.81. The molecule has 2 aromatic carbocycles. The first-order valence-corrected chi connectivity index (χ1v) is 13.2. The molecule has 6 rings (SSSR count). The van der Waals surface area contributed by atoms with E-state index in [1.807, 2.05) is 25.1 Å². The van der Waals surface area contributed by atoms with Crippen LogP contribution in [0, 0.1) is 6.92 Å². The molecular formula is C29H35N5O2. The number of rotatable bonds is 7. The van der Waals surface area contributed by atoms with Crippen LogP contribution < -0.4 is 19.9 Å². The Morgan fingerprint density at radius 3 is 2.58 bits per heavy atom. The zero-order valence-corrected chi connectivity index (χ0v) is 21.1.